The summed E-state index contributed by atoms with van der Waals surface area (Å²) in [5, 5.41) is 7.38. The van der Waals surface area contributed by atoms with Crippen LogP contribution in [0.15, 0.2) is 48.5 Å². The zero-order valence-electron chi connectivity index (χ0n) is 10.8. The van der Waals surface area contributed by atoms with Crippen LogP contribution in [0, 0.1) is 0 Å². The minimum absolute atomic E-state index is 0.618. The van der Waals surface area contributed by atoms with Gasteiger partial charge in [-0.2, -0.15) is 0 Å². The number of fused-ring (bicyclic) bond motifs is 3. The lowest BCUT2D eigenvalue weighted by Gasteiger charge is -2.23. The van der Waals surface area contributed by atoms with Crippen molar-refractivity contribution >= 4 is 32.3 Å². The van der Waals surface area contributed by atoms with Gasteiger partial charge in [0.25, 0.3) is 0 Å². The average Bonchev–Trinajstić information content (AvgIpc) is 2.53. The lowest BCUT2D eigenvalue weighted by atomic mass is 9.93. The van der Waals surface area contributed by atoms with Crippen LogP contribution in [0.3, 0.4) is 0 Å². The lowest BCUT2D eigenvalue weighted by molar-refractivity contribution is 0.176. The molecule has 0 aromatic heterocycles. The summed E-state index contributed by atoms with van der Waals surface area (Å²) in [6.07, 6.45) is 0. The molecule has 2 nitrogen and oxygen atoms in total. The number of ether oxygens (including phenoxy) is 2. The Labute approximate surface area is 115 Å². The van der Waals surface area contributed by atoms with Gasteiger partial charge in [-0.3, -0.25) is 0 Å². The summed E-state index contributed by atoms with van der Waals surface area (Å²) < 4.78 is 11.8. The molecule has 2 heteroatoms. The molecule has 20 heavy (non-hydrogen) atoms. The number of benzene rings is 4. The maximum Gasteiger partial charge on any atom is 0.169 e. The Balaban J connectivity index is 2.18. The van der Waals surface area contributed by atoms with E-state index in [1.165, 1.54) is 21.5 Å². The van der Waals surface area contributed by atoms with Crippen molar-refractivity contribution in [3.8, 4) is 11.5 Å². The van der Waals surface area contributed by atoms with Gasteiger partial charge in [-0.15, -0.1) is 0 Å². The van der Waals surface area contributed by atoms with Crippen LogP contribution in [0.4, 0.5) is 0 Å². The first kappa shape index (κ1) is 10.3. The van der Waals surface area contributed by atoms with E-state index < -0.39 is 0 Å². The van der Waals surface area contributed by atoms with Gasteiger partial charge in [-0.05, 0) is 10.8 Å². The molecule has 0 atom stereocenters. The third-order valence-electron chi connectivity index (χ3n) is 4.16. The van der Waals surface area contributed by atoms with Crippen molar-refractivity contribution < 1.29 is 9.47 Å². The monoisotopic (exact) mass is 260 g/mol. The molecule has 1 aliphatic heterocycles. The second kappa shape index (κ2) is 3.54. The van der Waals surface area contributed by atoms with Crippen molar-refractivity contribution in [3.05, 3.63) is 48.5 Å². The van der Waals surface area contributed by atoms with E-state index in [1.807, 2.05) is 0 Å². The average molecular weight is 260 g/mol. The summed E-state index contributed by atoms with van der Waals surface area (Å²) in [7, 11) is 0. The standard InChI is InChI=1S/C18H12O2/c1-3-11-7-8-12-4-2-6-14-16(12)15(11)13(5-1)17-18(14)20-10-9-19-17/h1-8H,9-10H2. The first-order chi connectivity index (χ1) is 9.93. The molecule has 0 fully saturated rings. The van der Waals surface area contributed by atoms with Crippen LogP contribution in [-0.2, 0) is 0 Å². The SMILES string of the molecule is c1cc2ccc3cccc4c5c(c(c1)c2c34)OCCO5. The molecule has 1 aliphatic rings. The van der Waals surface area contributed by atoms with Crippen LogP contribution in [0.1, 0.15) is 0 Å². The molecule has 1 heterocycles. The summed E-state index contributed by atoms with van der Waals surface area (Å²) >= 11 is 0. The maximum absolute atomic E-state index is 5.91. The van der Waals surface area contributed by atoms with E-state index in [-0.39, 0.29) is 0 Å². The molecule has 4 aromatic rings. The molecule has 0 amide bonds. The van der Waals surface area contributed by atoms with Crippen molar-refractivity contribution in [1.82, 2.24) is 0 Å². The fraction of sp³-hybridized carbons (Fsp3) is 0.111. The second-order valence-electron chi connectivity index (χ2n) is 5.23. The van der Waals surface area contributed by atoms with Gasteiger partial charge in [0.1, 0.15) is 13.2 Å². The molecular weight excluding hydrogens is 248 g/mol. The van der Waals surface area contributed by atoms with Gasteiger partial charge >= 0.3 is 0 Å². The van der Waals surface area contributed by atoms with Crippen LogP contribution < -0.4 is 9.47 Å². The third-order valence-corrected chi connectivity index (χ3v) is 4.16. The normalized spacial score (nSPS) is 14.4. The van der Waals surface area contributed by atoms with Crippen molar-refractivity contribution in [2.45, 2.75) is 0 Å². The summed E-state index contributed by atoms with van der Waals surface area (Å²) in [6, 6.07) is 17.1. The highest BCUT2D eigenvalue weighted by Crippen LogP contribution is 2.47. The summed E-state index contributed by atoms with van der Waals surface area (Å²) in [4.78, 5) is 0. The molecule has 5 rings (SSSR count). The maximum atomic E-state index is 5.91. The van der Waals surface area contributed by atoms with E-state index in [4.69, 9.17) is 9.47 Å². The van der Waals surface area contributed by atoms with Crippen molar-refractivity contribution in [2.24, 2.45) is 0 Å². The van der Waals surface area contributed by atoms with E-state index in [9.17, 15) is 0 Å². The Kier molecular flexibility index (Phi) is 1.83. The molecular formula is C18H12O2. The molecule has 0 bridgehead atoms. The molecule has 96 valence electrons. The van der Waals surface area contributed by atoms with E-state index in [1.54, 1.807) is 0 Å². The van der Waals surface area contributed by atoms with E-state index in [0.717, 1.165) is 22.3 Å². The smallest absolute Gasteiger partial charge is 0.169 e. The summed E-state index contributed by atoms with van der Waals surface area (Å²) in [5.74, 6) is 1.79. The van der Waals surface area contributed by atoms with Gasteiger partial charge in [-0.1, -0.05) is 48.5 Å². The minimum atomic E-state index is 0.618. The van der Waals surface area contributed by atoms with Gasteiger partial charge < -0.3 is 9.47 Å². The topological polar surface area (TPSA) is 18.5 Å². The fourth-order valence-electron chi connectivity index (χ4n) is 3.35. The van der Waals surface area contributed by atoms with E-state index in [0.29, 0.717) is 13.2 Å². The van der Waals surface area contributed by atoms with Gasteiger partial charge in [0.05, 0.1) is 0 Å². The lowest BCUT2D eigenvalue weighted by Crippen LogP contribution is -2.16. The third kappa shape index (κ3) is 1.14. The molecule has 0 aliphatic carbocycles. The highest BCUT2D eigenvalue weighted by molar-refractivity contribution is 6.26. The van der Waals surface area contributed by atoms with Crippen molar-refractivity contribution in [1.29, 1.82) is 0 Å². The Morgan fingerprint density at radius 1 is 0.600 bits per heavy atom. The number of hydrogen-bond donors (Lipinski definition) is 0. The van der Waals surface area contributed by atoms with Gasteiger partial charge in [0, 0.05) is 21.5 Å². The van der Waals surface area contributed by atoms with Gasteiger partial charge in [-0.25, -0.2) is 0 Å². The number of hydrogen-bond acceptors (Lipinski definition) is 2. The second-order valence-corrected chi connectivity index (χ2v) is 5.23. The van der Waals surface area contributed by atoms with E-state index in [2.05, 4.69) is 48.5 Å². The largest absolute Gasteiger partial charge is 0.485 e. The highest BCUT2D eigenvalue weighted by atomic mass is 16.6. The molecule has 4 aromatic carbocycles. The quantitative estimate of drug-likeness (QED) is 0.437. The van der Waals surface area contributed by atoms with Gasteiger partial charge in [0.2, 0.25) is 0 Å². The van der Waals surface area contributed by atoms with E-state index >= 15 is 0 Å². The molecule has 0 N–H and O–H groups in total. The van der Waals surface area contributed by atoms with Crippen molar-refractivity contribution in [2.75, 3.05) is 13.2 Å². The number of rotatable bonds is 0. The van der Waals surface area contributed by atoms with Crippen LogP contribution >= 0.6 is 0 Å². The predicted molar refractivity (Wildman–Crippen MR) is 81.1 cm³/mol. The van der Waals surface area contributed by atoms with Crippen LogP contribution in [0.25, 0.3) is 32.3 Å². The highest BCUT2D eigenvalue weighted by Gasteiger charge is 2.21. The van der Waals surface area contributed by atoms with Crippen LogP contribution in [0.2, 0.25) is 0 Å². The minimum Gasteiger partial charge on any atom is -0.485 e. The first-order valence-electron chi connectivity index (χ1n) is 6.88. The van der Waals surface area contributed by atoms with Crippen LogP contribution in [-0.4, -0.2) is 13.2 Å². The van der Waals surface area contributed by atoms with Gasteiger partial charge in [0.15, 0.2) is 11.5 Å². The molecule has 0 saturated carbocycles. The summed E-state index contributed by atoms with van der Waals surface area (Å²) in [5.41, 5.74) is 0. The van der Waals surface area contributed by atoms with Crippen LogP contribution in [0.5, 0.6) is 11.5 Å². The molecule has 0 spiro atoms. The fourth-order valence-corrected chi connectivity index (χ4v) is 3.35. The summed E-state index contributed by atoms with van der Waals surface area (Å²) in [6.45, 7) is 1.24. The Bertz CT molecular complexity index is 877. The Morgan fingerprint density at radius 3 is 1.60 bits per heavy atom. The molecule has 0 radical (unpaired) electrons. The predicted octanol–water partition coefficient (Wildman–Crippen LogP) is 4.36. The molecule has 0 saturated heterocycles. The first-order valence-corrected chi connectivity index (χ1v) is 6.88. The Hall–Kier alpha value is -2.48. The van der Waals surface area contributed by atoms with Crippen molar-refractivity contribution in [3.63, 3.8) is 0 Å². The molecule has 0 unspecified atom stereocenters. The zero-order valence-corrected chi connectivity index (χ0v) is 10.8. The zero-order chi connectivity index (χ0) is 13.1. The Morgan fingerprint density at radius 2 is 1.10 bits per heavy atom.